The topological polar surface area (TPSA) is 78.8 Å². The number of imide groups is 1. The van der Waals surface area contributed by atoms with E-state index in [0.717, 1.165) is 11.0 Å². The van der Waals surface area contributed by atoms with Gasteiger partial charge in [0.05, 0.1) is 17.4 Å². The van der Waals surface area contributed by atoms with Crippen molar-refractivity contribution in [2.45, 2.75) is 31.6 Å². The maximum absolute atomic E-state index is 12.7. The Labute approximate surface area is 169 Å². The number of fused-ring (bicyclic) bond motifs is 1. The Morgan fingerprint density at radius 2 is 1.83 bits per heavy atom. The molecule has 2 aliphatic rings. The number of urea groups is 1. The van der Waals surface area contributed by atoms with Gasteiger partial charge in [0.1, 0.15) is 19.6 Å². The van der Waals surface area contributed by atoms with Crippen molar-refractivity contribution in [2.75, 3.05) is 26.2 Å². The molecule has 0 aliphatic carbocycles. The van der Waals surface area contributed by atoms with E-state index in [-0.39, 0.29) is 29.9 Å². The van der Waals surface area contributed by atoms with Gasteiger partial charge in [0.25, 0.3) is 5.91 Å². The standard InChI is InChI=1S/C19H20F3N5O3/c20-19(21,22)11-27-17(29)10-26(18(27)30)13-5-7-24(8-6-13)16(28)9-25-12-23-14-3-1-2-4-15(14)25/h1-4,12-13H,5-11H2. The maximum atomic E-state index is 12.7. The second-order valence-electron chi connectivity index (χ2n) is 7.48. The molecule has 3 heterocycles. The van der Waals surface area contributed by atoms with Crippen molar-refractivity contribution < 1.29 is 27.6 Å². The van der Waals surface area contributed by atoms with Crippen LogP contribution in [0.3, 0.4) is 0 Å². The fraction of sp³-hybridized carbons (Fsp3) is 0.474. The van der Waals surface area contributed by atoms with Gasteiger partial charge in [-0.1, -0.05) is 12.1 Å². The zero-order chi connectivity index (χ0) is 21.5. The molecule has 0 bridgehead atoms. The van der Waals surface area contributed by atoms with Crippen molar-refractivity contribution >= 4 is 28.9 Å². The van der Waals surface area contributed by atoms with E-state index in [1.165, 1.54) is 4.90 Å². The molecule has 2 aromatic rings. The Balaban J connectivity index is 1.34. The fourth-order valence-corrected chi connectivity index (χ4v) is 3.99. The van der Waals surface area contributed by atoms with Gasteiger partial charge in [-0.2, -0.15) is 13.2 Å². The summed E-state index contributed by atoms with van der Waals surface area (Å²) < 4.78 is 39.6. The van der Waals surface area contributed by atoms with Gasteiger partial charge in [0.15, 0.2) is 0 Å². The molecule has 30 heavy (non-hydrogen) atoms. The number of hydrogen-bond acceptors (Lipinski definition) is 4. The molecule has 4 amide bonds. The summed E-state index contributed by atoms with van der Waals surface area (Å²) in [5.41, 5.74) is 1.65. The van der Waals surface area contributed by atoms with Crippen LogP contribution in [-0.4, -0.2) is 80.5 Å². The fourth-order valence-electron chi connectivity index (χ4n) is 3.99. The lowest BCUT2D eigenvalue weighted by atomic mass is 10.0. The van der Waals surface area contributed by atoms with E-state index in [1.54, 1.807) is 15.8 Å². The molecule has 11 heteroatoms. The summed E-state index contributed by atoms with van der Waals surface area (Å²) in [6.07, 6.45) is -2.20. The number of piperidine rings is 1. The van der Waals surface area contributed by atoms with Crippen molar-refractivity contribution in [3.8, 4) is 0 Å². The predicted molar refractivity (Wildman–Crippen MR) is 99.2 cm³/mol. The normalized spacial score (nSPS) is 18.7. The van der Waals surface area contributed by atoms with Crippen molar-refractivity contribution in [2.24, 2.45) is 0 Å². The third-order valence-electron chi connectivity index (χ3n) is 5.51. The molecular formula is C19H20F3N5O3. The lowest BCUT2D eigenvalue weighted by molar-refractivity contribution is -0.151. The quantitative estimate of drug-likeness (QED) is 0.704. The highest BCUT2D eigenvalue weighted by Gasteiger charge is 2.45. The van der Waals surface area contributed by atoms with Gasteiger partial charge in [-0.15, -0.1) is 0 Å². The molecule has 2 fully saturated rings. The zero-order valence-electron chi connectivity index (χ0n) is 16.0. The van der Waals surface area contributed by atoms with E-state index in [1.807, 2.05) is 24.3 Å². The molecule has 0 N–H and O–H groups in total. The molecule has 4 rings (SSSR count). The Morgan fingerprint density at radius 3 is 2.53 bits per heavy atom. The Bertz CT molecular complexity index is 981. The third kappa shape index (κ3) is 3.96. The molecule has 1 aromatic heterocycles. The van der Waals surface area contributed by atoms with Crippen LogP contribution < -0.4 is 0 Å². The van der Waals surface area contributed by atoms with Crippen LogP contribution in [0.1, 0.15) is 12.8 Å². The number of carbonyl (C=O) groups excluding carboxylic acids is 3. The number of benzene rings is 1. The number of amides is 4. The number of rotatable bonds is 4. The average Bonchev–Trinajstić information content (AvgIpc) is 3.23. The van der Waals surface area contributed by atoms with Crippen molar-refractivity contribution in [1.29, 1.82) is 0 Å². The summed E-state index contributed by atoms with van der Waals surface area (Å²) in [6, 6.07) is 6.20. The van der Waals surface area contributed by atoms with E-state index < -0.39 is 24.7 Å². The average molecular weight is 423 g/mol. The largest absolute Gasteiger partial charge is 0.406 e. The molecule has 0 spiro atoms. The Hall–Kier alpha value is -3.11. The molecule has 1 aromatic carbocycles. The van der Waals surface area contributed by atoms with Crippen LogP contribution in [-0.2, 0) is 16.1 Å². The van der Waals surface area contributed by atoms with Crippen LogP contribution in [0.2, 0.25) is 0 Å². The first-order valence-corrected chi connectivity index (χ1v) is 9.58. The molecular weight excluding hydrogens is 403 g/mol. The SMILES string of the molecule is O=C(Cn1cnc2ccccc21)N1CCC(N2CC(=O)N(CC(F)(F)F)C2=O)CC1. The van der Waals surface area contributed by atoms with Crippen LogP contribution in [0.15, 0.2) is 30.6 Å². The number of alkyl halides is 3. The predicted octanol–water partition coefficient (Wildman–Crippen LogP) is 1.85. The van der Waals surface area contributed by atoms with Crippen LogP contribution in [0, 0.1) is 0 Å². The van der Waals surface area contributed by atoms with Gasteiger partial charge in [-0.3, -0.25) is 14.5 Å². The molecule has 0 radical (unpaired) electrons. The second kappa shape index (κ2) is 7.62. The molecule has 2 saturated heterocycles. The van der Waals surface area contributed by atoms with Crippen LogP contribution in [0.25, 0.3) is 11.0 Å². The summed E-state index contributed by atoms with van der Waals surface area (Å²) in [5, 5.41) is 0. The molecule has 8 nitrogen and oxygen atoms in total. The minimum Gasteiger partial charge on any atom is -0.341 e. The van der Waals surface area contributed by atoms with Gasteiger partial charge in [0.2, 0.25) is 5.91 Å². The smallest absolute Gasteiger partial charge is 0.341 e. The summed E-state index contributed by atoms with van der Waals surface area (Å²) in [6.45, 7) is -1.06. The monoisotopic (exact) mass is 423 g/mol. The number of carbonyl (C=O) groups is 3. The minimum atomic E-state index is -4.63. The van der Waals surface area contributed by atoms with E-state index >= 15 is 0 Å². The highest BCUT2D eigenvalue weighted by molar-refractivity contribution is 6.02. The number of imidazole rings is 1. The van der Waals surface area contributed by atoms with Gasteiger partial charge < -0.3 is 14.4 Å². The van der Waals surface area contributed by atoms with Crippen molar-refractivity contribution in [3.63, 3.8) is 0 Å². The van der Waals surface area contributed by atoms with Gasteiger partial charge in [0, 0.05) is 19.1 Å². The molecule has 160 valence electrons. The van der Waals surface area contributed by atoms with Crippen molar-refractivity contribution in [3.05, 3.63) is 30.6 Å². The van der Waals surface area contributed by atoms with Crippen LogP contribution in [0.4, 0.5) is 18.0 Å². The third-order valence-corrected chi connectivity index (χ3v) is 5.51. The number of nitrogens with zero attached hydrogens (tertiary/aromatic N) is 5. The number of halogens is 3. The van der Waals surface area contributed by atoms with Gasteiger partial charge >= 0.3 is 12.2 Å². The summed E-state index contributed by atoms with van der Waals surface area (Å²) >= 11 is 0. The zero-order valence-corrected chi connectivity index (χ0v) is 16.0. The molecule has 2 aliphatic heterocycles. The second-order valence-corrected chi connectivity index (χ2v) is 7.48. The number of likely N-dealkylation sites (tertiary alicyclic amines) is 1. The number of aromatic nitrogens is 2. The summed E-state index contributed by atoms with van der Waals surface area (Å²) in [4.78, 5) is 44.2. The minimum absolute atomic E-state index is 0.0980. The maximum Gasteiger partial charge on any atom is 0.406 e. The Morgan fingerprint density at radius 1 is 1.13 bits per heavy atom. The summed E-state index contributed by atoms with van der Waals surface area (Å²) in [7, 11) is 0. The highest BCUT2D eigenvalue weighted by atomic mass is 19.4. The van der Waals surface area contributed by atoms with Gasteiger partial charge in [-0.25, -0.2) is 9.78 Å². The van der Waals surface area contributed by atoms with Gasteiger partial charge in [-0.05, 0) is 25.0 Å². The van der Waals surface area contributed by atoms with Crippen molar-refractivity contribution in [1.82, 2.24) is 24.3 Å². The number of para-hydroxylation sites is 2. The van der Waals surface area contributed by atoms with Crippen LogP contribution >= 0.6 is 0 Å². The first-order chi connectivity index (χ1) is 14.2. The van der Waals surface area contributed by atoms with E-state index in [0.29, 0.717) is 25.9 Å². The van der Waals surface area contributed by atoms with E-state index in [4.69, 9.17) is 0 Å². The summed E-state index contributed by atoms with van der Waals surface area (Å²) in [5.74, 6) is -0.943. The van der Waals surface area contributed by atoms with E-state index in [2.05, 4.69) is 4.98 Å². The lowest BCUT2D eigenvalue weighted by Crippen LogP contribution is -2.49. The van der Waals surface area contributed by atoms with E-state index in [9.17, 15) is 27.6 Å². The lowest BCUT2D eigenvalue weighted by Gasteiger charge is -2.36. The Kier molecular flexibility index (Phi) is 5.12. The first-order valence-electron chi connectivity index (χ1n) is 9.58. The molecule has 0 saturated carbocycles. The highest BCUT2D eigenvalue weighted by Crippen LogP contribution is 2.25. The molecule has 0 unspecified atom stereocenters. The number of hydrogen-bond donors (Lipinski definition) is 0. The first kappa shape index (κ1) is 20.2. The van der Waals surface area contributed by atoms with Crippen LogP contribution in [0.5, 0.6) is 0 Å². The molecule has 0 atom stereocenters.